The van der Waals surface area contributed by atoms with Crippen LogP contribution < -0.4 is 9.64 Å². The third-order valence-corrected chi connectivity index (χ3v) is 5.64. The van der Waals surface area contributed by atoms with Crippen LogP contribution in [-0.4, -0.2) is 18.1 Å². The van der Waals surface area contributed by atoms with E-state index in [-0.39, 0.29) is 5.76 Å². The molecule has 1 amide bonds. The van der Waals surface area contributed by atoms with E-state index in [1.807, 2.05) is 79.7 Å². The molecule has 4 rings (SSSR count). The fraction of sp³-hybridized carbons (Fsp3) is 0.125. The Morgan fingerprint density at radius 3 is 2.14 bits per heavy atom. The third-order valence-electron chi connectivity index (χ3n) is 5.11. The molecule has 0 unspecified atom stereocenters. The molecule has 3 aromatic rings. The second-order valence-corrected chi connectivity index (χ2v) is 7.87. The molecule has 0 radical (unpaired) electrons. The van der Waals surface area contributed by atoms with Crippen molar-refractivity contribution in [3.05, 3.63) is 99.7 Å². The number of aliphatic hydroxyl groups excluding tert-OH is 1. The molecule has 3 aromatic carbocycles. The van der Waals surface area contributed by atoms with E-state index in [0.29, 0.717) is 17.0 Å². The number of ether oxygens (including phenoxy) is 1. The van der Waals surface area contributed by atoms with E-state index in [4.69, 9.17) is 4.74 Å². The van der Waals surface area contributed by atoms with Gasteiger partial charge in [-0.3, -0.25) is 9.69 Å². The number of benzene rings is 3. The maximum absolute atomic E-state index is 13.1. The molecule has 5 heteroatoms. The number of nitrogens with zero attached hydrogens (tertiary/aromatic N) is 1. The van der Waals surface area contributed by atoms with Crippen LogP contribution in [0.1, 0.15) is 22.7 Å². The van der Waals surface area contributed by atoms with Crippen molar-refractivity contribution in [3.8, 4) is 5.75 Å². The highest BCUT2D eigenvalue weighted by atomic mass is 79.9. The number of methoxy groups -OCH3 is 1. The Morgan fingerprint density at radius 2 is 1.55 bits per heavy atom. The lowest BCUT2D eigenvalue weighted by Gasteiger charge is -2.27. The van der Waals surface area contributed by atoms with Gasteiger partial charge in [0.05, 0.1) is 13.2 Å². The van der Waals surface area contributed by atoms with Crippen LogP contribution in [-0.2, 0) is 4.79 Å². The van der Waals surface area contributed by atoms with Crippen LogP contribution in [0.4, 0.5) is 5.69 Å². The highest BCUT2D eigenvalue weighted by molar-refractivity contribution is 9.10. The van der Waals surface area contributed by atoms with E-state index in [2.05, 4.69) is 15.9 Å². The molecule has 1 heterocycles. The summed E-state index contributed by atoms with van der Waals surface area (Å²) >= 11 is 3.47. The first kappa shape index (κ1) is 19.3. The van der Waals surface area contributed by atoms with Crippen LogP contribution in [0.2, 0.25) is 0 Å². The number of aryl methyl sites for hydroxylation is 1. The van der Waals surface area contributed by atoms with E-state index < -0.39 is 11.9 Å². The van der Waals surface area contributed by atoms with Crippen LogP contribution >= 0.6 is 15.9 Å². The molecular weight excluding hydrogens is 430 g/mol. The van der Waals surface area contributed by atoms with Gasteiger partial charge in [-0.1, -0.05) is 57.9 Å². The summed E-state index contributed by atoms with van der Waals surface area (Å²) in [7, 11) is 1.60. The highest BCUT2D eigenvalue weighted by Gasteiger charge is 2.41. The van der Waals surface area contributed by atoms with Crippen molar-refractivity contribution in [2.24, 2.45) is 0 Å². The van der Waals surface area contributed by atoms with Crippen molar-refractivity contribution in [2.45, 2.75) is 13.0 Å². The Balaban J connectivity index is 1.87. The van der Waals surface area contributed by atoms with Gasteiger partial charge in [0.25, 0.3) is 5.91 Å². The molecule has 146 valence electrons. The van der Waals surface area contributed by atoms with E-state index >= 15 is 0 Å². The summed E-state index contributed by atoms with van der Waals surface area (Å²) in [5.41, 5.74) is 4.15. The first-order valence-electron chi connectivity index (χ1n) is 9.23. The molecule has 0 saturated carbocycles. The molecule has 0 fully saturated rings. The zero-order valence-corrected chi connectivity index (χ0v) is 17.7. The monoisotopic (exact) mass is 449 g/mol. The molecule has 1 aliphatic heterocycles. The lowest BCUT2D eigenvalue weighted by Crippen LogP contribution is -2.30. The van der Waals surface area contributed by atoms with E-state index in [0.717, 1.165) is 21.2 Å². The maximum atomic E-state index is 13.1. The van der Waals surface area contributed by atoms with Crippen LogP contribution in [0, 0.1) is 6.92 Å². The van der Waals surface area contributed by atoms with Crippen LogP contribution in [0.3, 0.4) is 0 Å². The number of halogens is 1. The SMILES string of the molecule is COc1ccc(N2C(=O)C(O)=C(c3ccc(C)cc3)[C@H]2c2ccc(Br)cc2)cc1. The quantitative estimate of drug-likeness (QED) is 0.545. The second kappa shape index (κ2) is 7.76. The number of aliphatic hydroxyl groups is 1. The number of amides is 1. The fourth-order valence-electron chi connectivity index (χ4n) is 3.60. The molecule has 0 bridgehead atoms. The highest BCUT2D eigenvalue weighted by Crippen LogP contribution is 2.45. The van der Waals surface area contributed by atoms with Gasteiger partial charge in [-0.15, -0.1) is 0 Å². The molecule has 4 nitrogen and oxygen atoms in total. The lowest BCUT2D eigenvalue weighted by atomic mass is 9.93. The summed E-state index contributed by atoms with van der Waals surface area (Å²) in [6.45, 7) is 2.01. The Hall–Kier alpha value is -3.05. The number of carbonyl (C=O) groups is 1. The molecule has 1 aliphatic rings. The number of hydrogen-bond donors (Lipinski definition) is 1. The number of hydrogen-bond acceptors (Lipinski definition) is 3. The van der Waals surface area contributed by atoms with Gasteiger partial charge in [-0.2, -0.15) is 0 Å². The average molecular weight is 450 g/mol. The summed E-state index contributed by atoms with van der Waals surface area (Å²) < 4.78 is 6.19. The second-order valence-electron chi connectivity index (χ2n) is 6.96. The Bertz CT molecular complexity index is 1070. The van der Waals surface area contributed by atoms with Crippen molar-refractivity contribution in [1.82, 2.24) is 0 Å². The van der Waals surface area contributed by atoms with Gasteiger partial charge in [0.2, 0.25) is 0 Å². The van der Waals surface area contributed by atoms with E-state index in [1.54, 1.807) is 12.0 Å². The van der Waals surface area contributed by atoms with Gasteiger partial charge in [-0.05, 0) is 54.4 Å². The van der Waals surface area contributed by atoms with Gasteiger partial charge in [0, 0.05) is 15.7 Å². The summed E-state index contributed by atoms with van der Waals surface area (Å²) in [6, 6.07) is 22.5. The van der Waals surface area contributed by atoms with Gasteiger partial charge in [0.15, 0.2) is 5.76 Å². The Morgan fingerprint density at radius 1 is 0.931 bits per heavy atom. The first-order chi connectivity index (χ1) is 14.0. The van der Waals surface area contributed by atoms with Crippen molar-refractivity contribution in [1.29, 1.82) is 0 Å². The normalized spacial score (nSPS) is 16.4. The molecular formula is C24H20BrNO3. The molecule has 1 N–H and O–H groups in total. The van der Waals surface area contributed by atoms with Gasteiger partial charge in [0.1, 0.15) is 5.75 Å². The molecule has 0 aliphatic carbocycles. The lowest BCUT2D eigenvalue weighted by molar-refractivity contribution is -0.117. The van der Waals surface area contributed by atoms with Gasteiger partial charge in [-0.25, -0.2) is 0 Å². The number of anilines is 1. The standard InChI is InChI=1S/C24H20BrNO3/c1-15-3-5-16(6-4-15)21-22(17-7-9-18(25)10-8-17)26(24(28)23(21)27)19-11-13-20(29-2)14-12-19/h3-14,22,27H,1-2H3/t22-/m1/s1. The third kappa shape index (κ3) is 3.54. The summed E-state index contributed by atoms with van der Waals surface area (Å²) in [4.78, 5) is 14.8. The largest absolute Gasteiger partial charge is 0.503 e. The minimum atomic E-state index is -0.438. The number of rotatable bonds is 4. The molecule has 0 spiro atoms. The van der Waals surface area contributed by atoms with E-state index in [9.17, 15) is 9.90 Å². The number of carbonyl (C=O) groups excluding carboxylic acids is 1. The topological polar surface area (TPSA) is 49.8 Å². The van der Waals surface area contributed by atoms with Crippen LogP contribution in [0.25, 0.3) is 5.57 Å². The summed E-state index contributed by atoms with van der Waals surface area (Å²) in [5.74, 6) is 0.0628. The zero-order valence-electron chi connectivity index (χ0n) is 16.1. The predicted octanol–water partition coefficient (Wildman–Crippen LogP) is 5.82. The van der Waals surface area contributed by atoms with Gasteiger partial charge >= 0.3 is 0 Å². The minimum Gasteiger partial charge on any atom is -0.503 e. The molecule has 29 heavy (non-hydrogen) atoms. The fourth-order valence-corrected chi connectivity index (χ4v) is 3.87. The van der Waals surface area contributed by atoms with Gasteiger partial charge < -0.3 is 9.84 Å². The molecule has 0 saturated heterocycles. The zero-order chi connectivity index (χ0) is 20.5. The van der Waals surface area contributed by atoms with Crippen molar-refractivity contribution < 1.29 is 14.6 Å². The molecule has 1 atom stereocenters. The predicted molar refractivity (Wildman–Crippen MR) is 118 cm³/mol. The van der Waals surface area contributed by atoms with E-state index in [1.165, 1.54) is 0 Å². The first-order valence-corrected chi connectivity index (χ1v) is 10.0. The smallest absolute Gasteiger partial charge is 0.294 e. The maximum Gasteiger partial charge on any atom is 0.294 e. The summed E-state index contributed by atoms with van der Waals surface area (Å²) in [5, 5.41) is 10.9. The minimum absolute atomic E-state index is 0.224. The Labute approximate surface area is 178 Å². The average Bonchev–Trinajstić information content (AvgIpc) is 3.00. The summed E-state index contributed by atoms with van der Waals surface area (Å²) in [6.07, 6.45) is 0. The Kier molecular flexibility index (Phi) is 5.16. The van der Waals surface area contributed by atoms with Crippen LogP contribution in [0.15, 0.2) is 83.0 Å². The van der Waals surface area contributed by atoms with Crippen molar-refractivity contribution in [2.75, 3.05) is 12.0 Å². The van der Waals surface area contributed by atoms with Crippen molar-refractivity contribution >= 4 is 33.1 Å². The van der Waals surface area contributed by atoms with Crippen LogP contribution in [0.5, 0.6) is 5.75 Å². The molecule has 0 aromatic heterocycles. The van der Waals surface area contributed by atoms with Crippen molar-refractivity contribution in [3.63, 3.8) is 0 Å².